The van der Waals surface area contributed by atoms with Crippen LogP contribution in [0.15, 0.2) is 23.4 Å². The largest absolute Gasteiger partial charge is 0.360 e. The number of hydrazone groups is 1. The van der Waals surface area contributed by atoms with Crippen LogP contribution in [0.25, 0.3) is 0 Å². The number of aromatic amines is 1. The number of nitrogens with one attached hydrogen (secondary N) is 2. The van der Waals surface area contributed by atoms with E-state index in [0.29, 0.717) is 0 Å². The molecule has 0 radical (unpaired) electrons. The first kappa shape index (κ1) is 9.51. The molecule has 13 heavy (non-hydrogen) atoms. The standard InChI is InChI=1S/C9H13N3O/c1-7(2)9(13)12-11-6-8-4-3-5-10-8/h3-7,10H,1-2H3,(H,12,13)/b11-6+. The lowest BCUT2D eigenvalue weighted by Gasteiger charge is -2.00. The molecule has 1 amide bonds. The Hall–Kier alpha value is -1.58. The average Bonchev–Trinajstić information content (AvgIpc) is 2.56. The molecule has 1 heterocycles. The molecule has 0 aromatic carbocycles. The molecular weight excluding hydrogens is 166 g/mol. The second-order valence-corrected chi connectivity index (χ2v) is 3.01. The van der Waals surface area contributed by atoms with Gasteiger partial charge in [0.1, 0.15) is 0 Å². The summed E-state index contributed by atoms with van der Waals surface area (Å²) in [5.41, 5.74) is 3.30. The normalized spacial score (nSPS) is 11.0. The first-order chi connectivity index (χ1) is 6.20. The van der Waals surface area contributed by atoms with Crippen molar-refractivity contribution >= 4 is 12.1 Å². The minimum absolute atomic E-state index is 0.0409. The second kappa shape index (κ2) is 4.45. The highest BCUT2D eigenvalue weighted by Crippen LogP contribution is 1.91. The highest BCUT2D eigenvalue weighted by atomic mass is 16.2. The number of nitrogens with zero attached hydrogens (tertiary/aromatic N) is 1. The van der Waals surface area contributed by atoms with Gasteiger partial charge in [0.05, 0.1) is 11.9 Å². The van der Waals surface area contributed by atoms with E-state index in [1.54, 1.807) is 12.4 Å². The van der Waals surface area contributed by atoms with Crippen molar-refractivity contribution in [2.24, 2.45) is 11.0 Å². The van der Waals surface area contributed by atoms with E-state index in [0.717, 1.165) is 5.69 Å². The topological polar surface area (TPSA) is 57.2 Å². The molecule has 4 heteroatoms. The zero-order chi connectivity index (χ0) is 9.68. The molecule has 0 fully saturated rings. The van der Waals surface area contributed by atoms with Gasteiger partial charge in [-0.25, -0.2) is 5.43 Å². The summed E-state index contributed by atoms with van der Waals surface area (Å²) in [5.74, 6) is -0.122. The van der Waals surface area contributed by atoms with E-state index in [4.69, 9.17) is 0 Å². The molecular formula is C9H13N3O. The molecule has 0 spiro atoms. The van der Waals surface area contributed by atoms with E-state index in [9.17, 15) is 4.79 Å². The zero-order valence-corrected chi connectivity index (χ0v) is 7.74. The van der Waals surface area contributed by atoms with Crippen LogP contribution < -0.4 is 5.43 Å². The van der Waals surface area contributed by atoms with Crippen molar-refractivity contribution in [1.82, 2.24) is 10.4 Å². The molecule has 0 aliphatic rings. The summed E-state index contributed by atoms with van der Waals surface area (Å²) in [5, 5.41) is 3.78. The average molecular weight is 179 g/mol. The molecule has 4 nitrogen and oxygen atoms in total. The minimum Gasteiger partial charge on any atom is -0.360 e. The summed E-state index contributed by atoms with van der Waals surface area (Å²) in [7, 11) is 0. The summed E-state index contributed by atoms with van der Waals surface area (Å²) in [6.45, 7) is 3.64. The second-order valence-electron chi connectivity index (χ2n) is 3.01. The van der Waals surface area contributed by atoms with E-state index in [-0.39, 0.29) is 11.8 Å². The van der Waals surface area contributed by atoms with Crippen molar-refractivity contribution in [2.45, 2.75) is 13.8 Å². The summed E-state index contributed by atoms with van der Waals surface area (Å²) < 4.78 is 0. The number of amides is 1. The molecule has 0 atom stereocenters. The van der Waals surface area contributed by atoms with Crippen LogP contribution in [0.3, 0.4) is 0 Å². The Balaban J connectivity index is 2.39. The lowest BCUT2D eigenvalue weighted by molar-refractivity contribution is -0.123. The quantitative estimate of drug-likeness (QED) is 0.530. The highest BCUT2D eigenvalue weighted by Gasteiger charge is 2.03. The van der Waals surface area contributed by atoms with Crippen molar-refractivity contribution in [3.63, 3.8) is 0 Å². The third kappa shape index (κ3) is 3.11. The maximum Gasteiger partial charge on any atom is 0.242 e. The van der Waals surface area contributed by atoms with E-state index in [1.807, 2.05) is 26.0 Å². The lowest BCUT2D eigenvalue weighted by Crippen LogP contribution is -2.22. The van der Waals surface area contributed by atoms with Crippen LogP contribution in [0, 0.1) is 5.92 Å². The molecule has 1 aromatic rings. The molecule has 0 aliphatic heterocycles. The zero-order valence-electron chi connectivity index (χ0n) is 7.74. The number of hydrogen-bond acceptors (Lipinski definition) is 2. The van der Waals surface area contributed by atoms with Gasteiger partial charge in [0.25, 0.3) is 0 Å². The number of hydrogen-bond donors (Lipinski definition) is 2. The van der Waals surface area contributed by atoms with Crippen molar-refractivity contribution < 1.29 is 4.79 Å². The molecule has 1 aromatic heterocycles. The van der Waals surface area contributed by atoms with Gasteiger partial charge in [-0.2, -0.15) is 5.10 Å². The molecule has 0 saturated heterocycles. The van der Waals surface area contributed by atoms with Gasteiger partial charge in [-0.1, -0.05) is 13.8 Å². The Bertz CT molecular complexity index is 288. The Morgan fingerprint density at radius 2 is 2.46 bits per heavy atom. The molecule has 0 saturated carbocycles. The molecule has 2 N–H and O–H groups in total. The summed E-state index contributed by atoms with van der Waals surface area (Å²) >= 11 is 0. The number of H-pyrrole nitrogens is 1. The third-order valence-corrected chi connectivity index (χ3v) is 1.52. The van der Waals surface area contributed by atoms with E-state index in [1.165, 1.54) is 0 Å². The van der Waals surface area contributed by atoms with Crippen LogP contribution in [0.5, 0.6) is 0 Å². The Morgan fingerprint density at radius 1 is 1.69 bits per heavy atom. The van der Waals surface area contributed by atoms with Crippen molar-refractivity contribution in [3.8, 4) is 0 Å². The highest BCUT2D eigenvalue weighted by molar-refractivity contribution is 5.81. The Morgan fingerprint density at radius 3 is 3.00 bits per heavy atom. The minimum atomic E-state index is -0.0807. The van der Waals surface area contributed by atoms with Crippen LogP contribution in [0.1, 0.15) is 19.5 Å². The molecule has 0 unspecified atom stereocenters. The number of carbonyl (C=O) groups excluding carboxylic acids is 1. The first-order valence-electron chi connectivity index (χ1n) is 4.16. The molecule has 1 rings (SSSR count). The van der Waals surface area contributed by atoms with E-state index < -0.39 is 0 Å². The number of carbonyl (C=O) groups is 1. The van der Waals surface area contributed by atoms with Gasteiger partial charge in [0.2, 0.25) is 5.91 Å². The van der Waals surface area contributed by atoms with Crippen LogP contribution >= 0.6 is 0 Å². The van der Waals surface area contributed by atoms with Gasteiger partial charge in [0, 0.05) is 12.1 Å². The summed E-state index contributed by atoms with van der Waals surface area (Å²) in [6, 6.07) is 3.73. The van der Waals surface area contributed by atoms with E-state index in [2.05, 4.69) is 15.5 Å². The molecule has 0 bridgehead atoms. The predicted octanol–water partition coefficient (Wildman–Crippen LogP) is 1.12. The fourth-order valence-corrected chi connectivity index (χ4v) is 0.719. The van der Waals surface area contributed by atoms with Gasteiger partial charge in [-0.3, -0.25) is 4.79 Å². The smallest absolute Gasteiger partial charge is 0.242 e. The first-order valence-corrected chi connectivity index (χ1v) is 4.16. The maximum atomic E-state index is 11.0. The molecule has 0 aliphatic carbocycles. The number of rotatable bonds is 3. The van der Waals surface area contributed by atoms with Crippen LogP contribution in [-0.2, 0) is 4.79 Å². The van der Waals surface area contributed by atoms with Crippen molar-refractivity contribution in [1.29, 1.82) is 0 Å². The van der Waals surface area contributed by atoms with Gasteiger partial charge < -0.3 is 4.98 Å². The van der Waals surface area contributed by atoms with Crippen LogP contribution in [0.2, 0.25) is 0 Å². The van der Waals surface area contributed by atoms with Gasteiger partial charge in [-0.15, -0.1) is 0 Å². The fraction of sp³-hybridized carbons (Fsp3) is 0.333. The summed E-state index contributed by atoms with van der Waals surface area (Å²) in [4.78, 5) is 14.0. The van der Waals surface area contributed by atoms with E-state index >= 15 is 0 Å². The number of aromatic nitrogens is 1. The monoisotopic (exact) mass is 179 g/mol. The predicted molar refractivity (Wildman–Crippen MR) is 51.4 cm³/mol. The SMILES string of the molecule is CC(C)C(=O)N/N=C/c1ccc[nH]1. The van der Waals surface area contributed by atoms with Crippen LogP contribution in [0.4, 0.5) is 0 Å². The maximum absolute atomic E-state index is 11.0. The van der Waals surface area contributed by atoms with Gasteiger partial charge in [-0.05, 0) is 12.1 Å². The van der Waals surface area contributed by atoms with Crippen molar-refractivity contribution in [2.75, 3.05) is 0 Å². The third-order valence-electron chi connectivity index (χ3n) is 1.52. The lowest BCUT2D eigenvalue weighted by atomic mass is 10.2. The van der Waals surface area contributed by atoms with Gasteiger partial charge >= 0.3 is 0 Å². The Labute approximate surface area is 77.0 Å². The Kier molecular flexibility index (Phi) is 3.25. The fourth-order valence-electron chi connectivity index (χ4n) is 0.719. The van der Waals surface area contributed by atoms with Crippen LogP contribution in [-0.4, -0.2) is 17.1 Å². The van der Waals surface area contributed by atoms with Crippen molar-refractivity contribution in [3.05, 3.63) is 24.0 Å². The summed E-state index contributed by atoms with van der Waals surface area (Å²) in [6.07, 6.45) is 3.37. The van der Waals surface area contributed by atoms with Gasteiger partial charge in [0.15, 0.2) is 0 Å². The molecule has 70 valence electrons.